The molecule has 1 unspecified atom stereocenters. The van der Waals surface area contributed by atoms with Crippen molar-refractivity contribution >= 4 is 35.7 Å². The van der Waals surface area contributed by atoms with Crippen LogP contribution in [-0.2, 0) is 5.16 Å². The Balaban J connectivity index is 1.51. The van der Waals surface area contributed by atoms with Crippen molar-refractivity contribution in [2.75, 3.05) is 0 Å². The van der Waals surface area contributed by atoms with Gasteiger partial charge in [0, 0.05) is 5.16 Å². The maximum absolute atomic E-state index is 3.57. The molecule has 8 bridgehead atoms. The highest BCUT2D eigenvalue weighted by molar-refractivity contribution is 7.69. The summed E-state index contributed by atoms with van der Waals surface area (Å²) in [7, 11) is 1.87. The Morgan fingerprint density at radius 2 is 0.976 bits per heavy atom. The van der Waals surface area contributed by atoms with Crippen molar-refractivity contribution in [2.24, 2.45) is 46.3 Å². The molecule has 8 aliphatic carbocycles. The molecule has 8 saturated carbocycles. The van der Waals surface area contributed by atoms with Crippen LogP contribution < -0.4 is 10.5 Å². The molecule has 1 aromatic carbocycles. The van der Waals surface area contributed by atoms with Crippen LogP contribution in [-0.4, -0.2) is 18.4 Å². The summed E-state index contributed by atoms with van der Waals surface area (Å²) >= 11 is 0. The van der Waals surface area contributed by atoms with E-state index in [2.05, 4.69) is 88.6 Å². The van der Waals surface area contributed by atoms with E-state index in [0.29, 0.717) is 10.3 Å². The van der Waals surface area contributed by atoms with Crippen molar-refractivity contribution in [1.29, 1.82) is 0 Å². The van der Waals surface area contributed by atoms with Crippen LogP contribution in [0.15, 0.2) is 18.2 Å². The molecule has 0 aliphatic heterocycles. The van der Waals surface area contributed by atoms with Crippen LogP contribution in [0.4, 0.5) is 0 Å². The zero-order valence-corrected chi connectivity index (χ0v) is 31.3. The largest absolute Gasteiger partial charge is 0.125 e. The summed E-state index contributed by atoms with van der Waals surface area (Å²) < 4.78 is 0. The lowest BCUT2D eigenvalue weighted by Gasteiger charge is -2.68. The Labute approximate surface area is 258 Å². The van der Waals surface area contributed by atoms with E-state index in [0.717, 1.165) is 35.5 Å². The van der Waals surface area contributed by atoms with Crippen molar-refractivity contribution in [3.05, 3.63) is 23.8 Å². The SMILES string of the molecule is CC(C)(C)C(P)(c1ccc([Si](C)(C)C)cc1P(C12CC3CC(CC(C3)C1)C2)C12CC3CC(CC(C3)C1)C2)C(C)(C)C. The van der Waals surface area contributed by atoms with Crippen molar-refractivity contribution in [3.63, 3.8) is 0 Å². The molecule has 8 fully saturated rings. The Bertz CT molecular complexity index is 1060. The van der Waals surface area contributed by atoms with Gasteiger partial charge in [-0.15, -0.1) is 9.24 Å². The molecule has 0 heterocycles. The first-order valence-electron chi connectivity index (χ1n) is 17.7. The third kappa shape index (κ3) is 4.60. The van der Waals surface area contributed by atoms with E-state index in [1.54, 1.807) is 87.8 Å². The minimum Gasteiger partial charge on any atom is -0.125 e. The molecule has 228 valence electrons. The third-order valence-electron chi connectivity index (χ3n) is 13.9. The van der Waals surface area contributed by atoms with Gasteiger partial charge in [0.2, 0.25) is 0 Å². The summed E-state index contributed by atoms with van der Waals surface area (Å²) in [6.45, 7) is 23.1. The lowest BCUT2D eigenvalue weighted by molar-refractivity contribution is 0.0194. The van der Waals surface area contributed by atoms with Crippen LogP contribution >= 0.6 is 17.2 Å². The van der Waals surface area contributed by atoms with Crippen LogP contribution in [0.5, 0.6) is 0 Å². The molecule has 0 saturated heterocycles. The maximum Gasteiger partial charge on any atom is 0.0776 e. The molecule has 3 heteroatoms. The van der Waals surface area contributed by atoms with Gasteiger partial charge in [0.05, 0.1) is 8.07 Å². The van der Waals surface area contributed by atoms with Crippen molar-refractivity contribution in [2.45, 2.75) is 154 Å². The van der Waals surface area contributed by atoms with E-state index < -0.39 is 8.07 Å². The van der Waals surface area contributed by atoms with Gasteiger partial charge in [0.25, 0.3) is 0 Å². The van der Waals surface area contributed by atoms with E-state index in [1.807, 2.05) is 5.30 Å². The van der Waals surface area contributed by atoms with Gasteiger partial charge in [-0.3, -0.25) is 0 Å². The molecule has 1 aromatic rings. The van der Waals surface area contributed by atoms with Crippen molar-refractivity contribution in [3.8, 4) is 0 Å². The van der Waals surface area contributed by atoms with E-state index >= 15 is 0 Å². The lowest BCUT2D eigenvalue weighted by atomic mass is 9.55. The summed E-state index contributed by atoms with van der Waals surface area (Å²) in [5.41, 5.74) is 2.08. The number of benzene rings is 1. The number of rotatable bonds is 5. The van der Waals surface area contributed by atoms with E-state index in [1.165, 1.54) is 0 Å². The second-order valence-corrected chi connectivity index (χ2v) is 28.9. The fourth-order valence-corrected chi connectivity index (χ4v) is 20.2. The normalized spacial score (nSPS) is 40.8. The molecule has 8 aliphatic rings. The van der Waals surface area contributed by atoms with Gasteiger partial charge in [-0.05, 0) is 145 Å². The Morgan fingerprint density at radius 1 is 0.634 bits per heavy atom. The van der Waals surface area contributed by atoms with Gasteiger partial charge >= 0.3 is 0 Å². The first-order chi connectivity index (χ1) is 18.9. The van der Waals surface area contributed by atoms with Crippen molar-refractivity contribution in [1.82, 2.24) is 0 Å². The topological polar surface area (TPSA) is 0 Å². The Hall–Kier alpha value is 0.297. The summed E-state index contributed by atoms with van der Waals surface area (Å²) in [5.74, 6) is 6.22. The average Bonchev–Trinajstić information content (AvgIpc) is 2.79. The molecule has 0 spiro atoms. The van der Waals surface area contributed by atoms with Crippen LogP contribution in [0, 0.1) is 46.3 Å². The zero-order chi connectivity index (χ0) is 29.4. The van der Waals surface area contributed by atoms with E-state index in [-0.39, 0.29) is 23.9 Å². The fraction of sp³-hybridized carbons (Fsp3) is 0.842. The molecule has 0 N–H and O–H groups in total. The molecule has 41 heavy (non-hydrogen) atoms. The minimum absolute atomic E-state index is 0.0402. The summed E-state index contributed by atoms with van der Waals surface area (Å²) in [6, 6.07) is 8.28. The predicted molar refractivity (Wildman–Crippen MR) is 188 cm³/mol. The smallest absolute Gasteiger partial charge is 0.0776 e. The van der Waals surface area contributed by atoms with Crippen LogP contribution in [0.2, 0.25) is 19.6 Å². The molecule has 0 aromatic heterocycles. The highest BCUT2D eigenvalue weighted by atomic mass is 31.1. The maximum atomic E-state index is 3.57. The number of hydrogen-bond acceptors (Lipinski definition) is 0. The average molecular weight is 609 g/mol. The van der Waals surface area contributed by atoms with Crippen molar-refractivity contribution < 1.29 is 0 Å². The first kappa shape index (κ1) is 30.0. The highest BCUT2D eigenvalue weighted by Crippen LogP contribution is 2.79. The van der Waals surface area contributed by atoms with Gasteiger partial charge in [-0.1, -0.05) is 92.5 Å². The van der Waals surface area contributed by atoms with Gasteiger partial charge < -0.3 is 0 Å². The van der Waals surface area contributed by atoms with Crippen LogP contribution in [0.3, 0.4) is 0 Å². The minimum atomic E-state index is -1.46. The van der Waals surface area contributed by atoms with Gasteiger partial charge in [0.15, 0.2) is 0 Å². The number of hydrogen-bond donors (Lipinski definition) is 0. The van der Waals surface area contributed by atoms with E-state index in [9.17, 15) is 0 Å². The van der Waals surface area contributed by atoms with E-state index in [4.69, 9.17) is 0 Å². The molecular formula is C38H62P2Si. The molecule has 0 amide bonds. The van der Waals surface area contributed by atoms with Gasteiger partial charge in [-0.25, -0.2) is 0 Å². The van der Waals surface area contributed by atoms with Gasteiger partial charge in [0.1, 0.15) is 0 Å². The molecule has 0 radical (unpaired) electrons. The molecule has 9 rings (SSSR count). The molecule has 1 atom stereocenters. The standard InChI is InChI=1S/C38H62P2Si/c1-34(2,3)38(39,35(4,5)6)32-11-10-31(41(7,8)9)18-33(32)40(36-19-25-12-26(20-36)14-27(13-25)21-36)37-22-28-15-29(23-37)17-30(16-28)24-37/h10-11,18,25-30H,12-17,19-24,39H2,1-9H3. The lowest BCUT2D eigenvalue weighted by Crippen LogP contribution is -2.59. The molecule has 0 nitrogen and oxygen atoms in total. The molecular weight excluding hydrogens is 546 g/mol. The zero-order valence-electron chi connectivity index (χ0n) is 28.2. The van der Waals surface area contributed by atoms with Crippen LogP contribution in [0.1, 0.15) is 124 Å². The summed E-state index contributed by atoms with van der Waals surface area (Å²) in [4.78, 5) is 0. The summed E-state index contributed by atoms with van der Waals surface area (Å²) in [6.07, 6.45) is 18.9. The monoisotopic (exact) mass is 608 g/mol. The quantitative estimate of drug-likeness (QED) is 0.230. The first-order valence-corrected chi connectivity index (χ1v) is 23.1. The Morgan fingerprint density at radius 3 is 1.27 bits per heavy atom. The summed E-state index contributed by atoms with van der Waals surface area (Å²) in [5, 5.41) is 4.93. The third-order valence-corrected chi connectivity index (χ3v) is 21.8. The highest BCUT2D eigenvalue weighted by Gasteiger charge is 2.64. The van der Waals surface area contributed by atoms with Crippen LogP contribution in [0.25, 0.3) is 0 Å². The fourth-order valence-electron chi connectivity index (χ4n) is 13.1. The second kappa shape index (κ2) is 9.42. The predicted octanol–water partition coefficient (Wildman–Crippen LogP) is 10.4. The Kier molecular flexibility index (Phi) is 6.88. The second-order valence-electron chi connectivity index (χ2n) is 19.9. The van der Waals surface area contributed by atoms with Gasteiger partial charge in [-0.2, -0.15) is 0 Å².